The summed E-state index contributed by atoms with van der Waals surface area (Å²) in [4.78, 5) is 29.1. The summed E-state index contributed by atoms with van der Waals surface area (Å²) >= 11 is 0. The molecule has 1 aromatic heterocycles. The van der Waals surface area contributed by atoms with Crippen molar-refractivity contribution in [3.63, 3.8) is 0 Å². The van der Waals surface area contributed by atoms with Gasteiger partial charge in [0.25, 0.3) is 5.91 Å². The molecule has 1 saturated heterocycles. The molecule has 2 heterocycles. The maximum atomic E-state index is 12.2. The number of carbonyl (C=O) groups excluding carboxylic acids is 2. The monoisotopic (exact) mass is 248 g/mol. The molecule has 2 amide bonds. The van der Waals surface area contributed by atoms with Crippen LogP contribution in [0.1, 0.15) is 23.8 Å². The molecule has 1 aliphatic rings. The molecule has 0 aromatic carbocycles. The Labute approximate surface area is 105 Å². The largest absolute Gasteiger partial charge is 0.397 e. The van der Waals surface area contributed by atoms with Crippen molar-refractivity contribution in [1.82, 2.24) is 9.88 Å². The molecule has 6 nitrogen and oxygen atoms in total. The first-order valence-corrected chi connectivity index (χ1v) is 5.74. The lowest BCUT2D eigenvalue weighted by molar-refractivity contribution is -0.126. The molecule has 0 radical (unpaired) electrons. The number of likely N-dealkylation sites (tertiary alicyclic amines) is 1. The Morgan fingerprint density at radius 1 is 1.50 bits per heavy atom. The van der Waals surface area contributed by atoms with Gasteiger partial charge in [-0.1, -0.05) is 0 Å². The number of nitrogens with zero attached hydrogens (tertiary/aromatic N) is 2. The van der Waals surface area contributed by atoms with Gasteiger partial charge in [0, 0.05) is 19.3 Å². The Bertz CT molecular complexity index is 503. The zero-order valence-corrected chi connectivity index (χ0v) is 10.2. The van der Waals surface area contributed by atoms with Crippen LogP contribution in [0.3, 0.4) is 0 Å². The van der Waals surface area contributed by atoms with Crippen molar-refractivity contribution in [2.45, 2.75) is 13.3 Å². The van der Waals surface area contributed by atoms with E-state index in [-0.39, 0.29) is 17.5 Å². The quantitative estimate of drug-likeness (QED) is 0.769. The van der Waals surface area contributed by atoms with E-state index in [0.29, 0.717) is 25.2 Å². The molecule has 1 aromatic rings. The molecule has 6 heteroatoms. The van der Waals surface area contributed by atoms with E-state index in [4.69, 9.17) is 11.5 Å². The lowest BCUT2D eigenvalue weighted by atomic mass is 9.89. The van der Waals surface area contributed by atoms with E-state index in [1.165, 1.54) is 6.20 Å². The van der Waals surface area contributed by atoms with Crippen LogP contribution in [-0.2, 0) is 4.79 Å². The maximum Gasteiger partial charge on any atom is 0.274 e. The van der Waals surface area contributed by atoms with E-state index < -0.39 is 5.41 Å². The van der Waals surface area contributed by atoms with E-state index in [2.05, 4.69) is 4.98 Å². The molecule has 1 unspecified atom stereocenters. The van der Waals surface area contributed by atoms with Crippen LogP contribution in [0.5, 0.6) is 0 Å². The highest BCUT2D eigenvalue weighted by Crippen LogP contribution is 2.30. The summed E-state index contributed by atoms with van der Waals surface area (Å²) in [7, 11) is 0. The van der Waals surface area contributed by atoms with Crippen molar-refractivity contribution in [2.75, 3.05) is 18.8 Å². The topological polar surface area (TPSA) is 102 Å². The smallest absolute Gasteiger partial charge is 0.274 e. The van der Waals surface area contributed by atoms with E-state index in [0.717, 1.165) is 0 Å². The first kappa shape index (κ1) is 12.3. The molecule has 0 aliphatic carbocycles. The average Bonchev–Trinajstić information content (AvgIpc) is 2.73. The highest BCUT2D eigenvalue weighted by atomic mass is 16.2. The zero-order chi connectivity index (χ0) is 13.3. The van der Waals surface area contributed by atoms with Gasteiger partial charge in [0.2, 0.25) is 5.91 Å². The van der Waals surface area contributed by atoms with Gasteiger partial charge in [-0.05, 0) is 25.5 Å². The standard InChI is InChI=1S/C12H16N4O2/c1-12(11(14)18)4-6-16(7-12)10(17)9-8(13)3-2-5-15-9/h2-3,5H,4,6-7,13H2,1H3,(H2,14,18). The summed E-state index contributed by atoms with van der Waals surface area (Å²) in [5.41, 5.74) is 11.0. The number of amides is 2. The van der Waals surface area contributed by atoms with Crippen LogP contribution < -0.4 is 11.5 Å². The third kappa shape index (κ3) is 2.01. The third-order valence-corrected chi connectivity index (χ3v) is 3.40. The van der Waals surface area contributed by atoms with Crippen LogP contribution in [0, 0.1) is 5.41 Å². The van der Waals surface area contributed by atoms with Gasteiger partial charge in [-0.3, -0.25) is 9.59 Å². The molecule has 0 spiro atoms. The number of primary amides is 1. The summed E-state index contributed by atoms with van der Waals surface area (Å²) in [6.45, 7) is 2.58. The van der Waals surface area contributed by atoms with Gasteiger partial charge < -0.3 is 16.4 Å². The van der Waals surface area contributed by atoms with Gasteiger partial charge in [-0.2, -0.15) is 0 Å². The fraction of sp³-hybridized carbons (Fsp3) is 0.417. The molecule has 4 N–H and O–H groups in total. The number of nitrogen functional groups attached to an aromatic ring is 1. The molecule has 0 saturated carbocycles. The van der Waals surface area contributed by atoms with Gasteiger partial charge >= 0.3 is 0 Å². The molecule has 18 heavy (non-hydrogen) atoms. The Hall–Kier alpha value is -2.11. The Morgan fingerprint density at radius 3 is 2.78 bits per heavy atom. The SMILES string of the molecule is CC1(C(N)=O)CCN(C(=O)c2ncccc2N)C1. The van der Waals surface area contributed by atoms with Crippen molar-refractivity contribution in [1.29, 1.82) is 0 Å². The summed E-state index contributed by atoms with van der Waals surface area (Å²) in [5, 5.41) is 0. The third-order valence-electron chi connectivity index (χ3n) is 3.40. The summed E-state index contributed by atoms with van der Waals surface area (Å²) < 4.78 is 0. The minimum absolute atomic E-state index is 0.228. The predicted molar refractivity (Wildman–Crippen MR) is 66.5 cm³/mol. The number of nitrogens with two attached hydrogens (primary N) is 2. The average molecular weight is 248 g/mol. The van der Waals surface area contributed by atoms with Gasteiger partial charge in [-0.15, -0.1) is 0 Å². The number of anilines is 1. The highest BCUT2D eigenvalue weighted by Gasteiger charge is 2.41. The Morgan fingerprint density at radius 2 is 2.22 bits per heavy atom. The van der Waals surface area contributed by atoms with Crippen molar-refractivity contribution >= 4 is 17.5 Å². The molecule has 0 bridgehead atoms. The molecule has 96 valence electrons. The number of hydrogen-bond donors (Lipinski definition) is 2. The fourth-order valence-electron chi connectivity index (χ4n) is 2.08. The fourth-order valence-corrected chi connectivity index (χ4v) is 2.08. The van der Waals surface area contributed by atoms with Crippen LogP contribution in [0.25, 0.3) is 0 Å². The molecule has 1 aliphatic heterocycles. The number of aromatic nitrogens is 1. The second-order valence-corrected chi connectivity index (χ2v) is 4.84. The summed E-state index contributed by atoms with van der Waals surface area (Å²) in [6, 6.07) is 3.30. The minimum Gasteiger partial charge on any atom is -0.397 e. The first-order valence-electron chi connectivity index (χ1n) is 5.74. The highest BCUT2D eigenvalue weighted by molar-refractivity contribution is 5.97. The van der Waals surface area contributed by atoms with Crippen LogP contribution in [0.2, 0.25) is 0 Å². The normalized spacial score (nSPS) is 23.1. The minimum atomic E-state index is -0.654. The van der Waals surface area contributed by atoms with Gasteiger partial charge in [0.1, 0.15) is 0 Å². The number of carbonyl (C=O) groups is 2. The molecular weight excluding hydrogens is 232 g/mol. The van der Waals surface area contributed by atoms with Crippen molar-refractivity contribution < 1.29 is 9.59 Å². The van der Waals surface area contributed by atoms with E-state index in [9.17, 15) is 9.59 Å². The zero-order valence-electron chi connectivity index (χ0n) is 10.2. The Kier molecular flexibility index (Phi) is 2.94. The first-order chi connectivity index (χ1) is 8.44. The second kappa shape index (κ2) is 4.29. The van der Waals surface area contributed by atoms with Gasteiger partial charge in [-0.25, -0.2) is 4.98 Å². The van der Waals surface area contributed by atoms with E-state index in [1.54, 1.807) is 24.0 Å². The predicted octanol–water partition coefficient (Wildman–Crippen LogP) is 0.00130. The van der Waals surface area contributed by atoms with Crippen molar-refractivity contribution in [3.05, 3.63) is 24.0 Å². The second-order valence-electron chi connectivity index (χ2n) is 4.84. The van der Waals surface area contributed by atoms with Gasteiger partial charge in [0.05, 0.1) is 11.1 Å². The van der Waals surface area contributed by atoms with Gasteiger partial charge in [0.15, 0.2) is 5.69 Å². The molecule has 1 fully saturated rings. The lowest BCUT2D eigenvalue weighted by Crippen LogP contribution is -2.39. The number of hydrogen-bond acceptors (Lipinski definition) is 4. The molecule has 1 atom stereocenters. The van der Waals surface area contributed by atoms with Crippen LogP contribution in [-0.4, -0.2) is 34.8 Å². The van der Waals surface area contributed by atoms with E-state index in [1.807, 2.05) is 0 Å². The van der Waals surface area contributed by atoms with Crippen molar-refractivity contribution in [2.24, 2.45) is 11.1 Å². The molecular formula is C12H16N4O2. The number of rotatable bonds is 2. The summed E-state index contributed by atoms with van der Waals surface area (Å²) in [6.07, 6.45) is 2.09. The molecule has 2 rings (SSSR count). The van der Waals surface area contributed by atoms with Crippen LogP contribution >= 0.6 is 0 Å². The van der Waals surface area contributed by atoms with Crippen LogP contribution in [0.15, 0.2) is 18.3 Å². The Balaban J connectivity index is 2.18. The number of pyridine rings is 1. The lowest BCUT2D eigenvalue weighted by Gasteiger charge is -2.21. The van der Waals surface area contributed by atoms with E-state index >= 15 is 0 Å². The van der Waals surface area contributed by atoms with Crippen molar-refractivity contribution in [3.8, 4) is 0 Å². The maximum absolute atomic E-state index is 12.2. The summed E-state index contributed by atoms with van der Waals surface area (Å²) in [5.74, 6) is -0.634. The van der Waals surface area contributed by atoms with Crippen LogP contribution in [0.4, 0.5) is 5.69 Å².